The zero-order valence-electron chi connectivity index (χ0n) is 19.6. The quantitative estimate of drug-likeness (QED) is 0.560. The van der Waals surface area contributed by atoms with Crippen molar-refractivity contribution in [2.45, 2.75) is 37.1 Å². The summed E-state index contributed by atoms with van der Waals surface area (Å²) in [5.41, 5.74) is 0.880. The summed E-state index contributed by atoms with van der Waals surface area (Å²) in [6.07, 6.45) is 6.19. The molecule has 1 spiro atoms. The van der Waals surface area contributed by atoms with Gasteiger partial charge in [0, 0.05) is 50.4 Å². The standard InChI is InChI=1S/C27H27FN4O3/c1-31-24(33)8-2-3-13-27(31)18-32(17-23(27)19-9-11-21(28)12-10-19)25(34)20-6-4-7-22(16-20)35-26-29-14-5-15-30-26/h4-7,9-12,14-16,23H,2-3,8,13,17-18H2,1H3/t23-,27+/m0/s1. The molecule has 2 saturated heterocycles. The van der Waals surface area contributed by atoms with Crippen molar-refractivity contribution in [2.75, 3.05) is 20.1 Å². The van der Waals surface area contributed by atoms with Crippen LogP contribution in [0.1, 0.15) is 47.5 Å². The molecule has 0 bridgehead atoms. The van der Waals surface area contributed by atoms with Gasteiger partial charge in [-0.2, -0.15) is 0 Å². The number of hydrogen-bond donors (Lipinski definition) is 0. The van der Waals surface area contributed by atoms with Gasteiger partial charge in [0.2, 0.25) is 5.91 Å². The lowest BCUT2D eigenvalue weighted by atomic mass is 9.78. The van der Waals surface area contributed by atoms with Gasteiger partial charge in [-0.05, 0) is 54.8 Å². The molecule has 2 fully saturated rings. The number of halogens is 1. The van der Waals surface area contributed by atoms with E-state index >= 15 is 0 Å². The van der Waals surface area contributed by atoms with Crippen LogP contribution in [0.2, 0.25) is 0 Å². The Morgan fingerprint density at radius 3 is 2.63 bits per heavy atom. The van der Waals surface area contributed by atoms with E-state index in [9.17, 15) is 14.0 Å². The maximum atomic E-state index is 13.7. The molecule has 180 valence electrons. The number of carbonyl (C=O) groups excluding carboxylic acids is 2. The lowest BCUT2D eigenvalue weighted by molar-refractivity contribution is -0.134. The van der Waals surface area contributed by atoms with Crippen LogP contribution in [0.25, 0.3) is 0 Å². The Morgan fingerprint density at radius 2 is 1.86 bits per heavy atom. The normalized spacial score (nSPS) is 22.3. The van der Waals surface area contributed by atoms with Crippen LogP contribution >= 0.6 is 0 Å². The smallest absolute Gasteiger partial charge is 0.321 e. The molecule has 1 aromatic heterocycles. The SMILES string of the molecule is CN1C(=O)CCCC[C@]12CN(C(=O)c1cccc(Oc3ncccn3)c1)C[C@H]2c1ccc(F)cc1. The average molecular weight is 475 g/mol. The molecule has 3 aromatic rings. The van der Waals surface area contributed by atoms with E-state index in [0.29, 0.717) is 30.8 Å². The largest absolute Gasteiger partial charge is 0.424 e. The molecule has 8 heteroatoms. The van der Waals surface area contributed by atoms with Crippen LogP contribution in [-0.2, 0) is 4.79 Å². The van der Waals surface area contributed by atoms with E-state index in [4.69, 9.17) is 4.74 Å². The Bertz CT molecular complexity index is 1220. The Hall–Kier alpha value is -3.81. The van der Waals surface area contributed by atoms with Crippen molar-refractivity contribution >= 4 is 11.8 Å². The van der Waals surface area contributed by atoms with Crippen molar-refractivity contribution in [2.24, 2.45) is 0 Å². The first-order chi connectivity index (χ1) is 17.0. The number of benzene rings is 2. The molecule has 0 N–H and O–H groups in total. The monoisotopic (exact) mass is 474 g/mol. The Kier molecular flexibility index (Phi) is 6.19. The number of carbonyl (C=O) groups is 2. The summed E-state index contributed by atoms with van der Waals surface area (Å²) in [6.45, 7) is 0.859. The maximum absolute atomic E-state index is 13.7. The zero-order valence-corrected chi connectivity index (χ0v) is 19.6. The molecule has 0 saturated carbocycles. The third-order valence-corrected chi connectivity index (χ3v) is 7.20. The summed E-state index contributed by atoms with van der Waals surface area (Å²) >= 11 is 0. The minimum atomic E-state index is -0.535. The first kappa shape index (κ1) is 23.0. The summed E-state index contributed by atoms with van der Waals surface area (Å²) in [5.74, 6) is -0.0111. The highest BCUT2D eigenvalue weighted by molar-refractivity contribution is 5.95. The van der Waals surface area contributed by atoms with Crippen LogP contribution in [0.4, 0.5) is 4.39 Å². The van der Waals surface area contributed by atoms with Gasteiger partial charge in [-0.15, -0.1) is 0 Å². The van der Waals surface area contributed by atoms with Crippen LogP contribution < -0.4 is 4.74 Å². The summed E-state index contributed by atoms with van der Waals surface area (Å²) < 4.78 is 19.4. The third kappa shape index (κ3) is 4.48. The molecule has 5 rings (SSSR count). The van der Waals surface area contributed by atoms with Gasteiger partial charge >= 0.3 is 6.01 Å². The van der Waals surface area contributed by atoms with Crippen molar-refractivity contribution in [3.63, 3.8) is 0 Å². The molecule has 7 nitrogen and oxygen atoms in total. The first-order valence-electron chi connectivity index (χ1n) is 11.8. The highest BCUT2D eigenvalue weighted by Crippen LogP contribution is 2.45. The van der Waals surface area contributed by atoms with E-state index in [-0.39, 0.29) is 29.6 Å². The van der Waals surface area contributed by atoms with E-state index in [1.54, 1.807) is 59.8 Å². The van der Waals surface area contributed by atoms with Crippen LogP contribution in [-0.4, -0.2) is 57.3 Å². The lowest BCUT2D eigenvalue weighted by Gasteiger charge is -2.42. The third-order valence-electron chi connectivity index (χ3n) is 7.20. The summed E-state index contributed by atoms with van der Waals surface area (Å²) in [4.78, 5) is 38.3. The highest BCUT2D eigenvalue weighted by Gasteiger charge is 2.52. The number of nitrogens with zero attached hydrogens (tertiary/aromatic N) is 4. The zero-order chi connectivity index (χ0) is 24.4. The van der Waals surface area contributed by atoms with Gasteiger partial charge in [0.15, 0.2) is 0 Å². The van der Waals surface area contributed by atoms with Crippen molar-refractivity contribution in [1.82, 2.24) is 19.8 Å². The lowest BCUT2D eigenvalue weighted by Crippen LogP contribution is -2.53. The Balaban J connectivity index is 1.45. The molecule has 2 amide bonds. The molecule has 2 atom stereocenters. The van der Waals surface area contributed by atoms with Gasteiger partial charge in [-0.3, -0.25) is 9.59 Å². The number of likely N-dealkylation sites (tertiary alicyclic amines) is 2. The fourth-order valence-electron chi connectivity index (χ4n) is 5.36. The van der Waals surface area contributed by atoms with Gasteiger partial charge < -0.3 is 14.5 Å². The van der Waals surface area contributed by atoms with Crippen LogP contribution in [0.3, 0.4) is 0 Å². The van der Waals surface area contributed by atoms with Gasteiger partial charge in [-0.25, -0.2) is 14.4 Å². The van der Waals surface area contributed by atoms with E-state index in [0.717, 1.165) is 24.8 Å². The van der Waals surface area contributed by atoms with Gasteiger partial charge in [0.1, 0.15) is 11.6 Å². The molecular weight excluding hydrogens is 447 g/mol. The maximum Gasteiger partial charge on any atom is 0.321 e. The molecular formula is C27H27FN4O3. The van der Waals surface area contributed by atoms with Crippen molar-refractivity contribution < 1.29 is 18.7 Å². The topological polar surface area (TPSA) is 75.6 Å². The summed E-state index contributed by atoms with van der Waals surface area (Å²) in [5, 5.41) is 0. The van der Waals surface area contributed by atoms with Crippen LogP contribution in [0.15, 0.2) is 67.0 Å². The predicted octanol–water partition coefficient (Wildman–Crippen LogP) is 4.42. The second-order valence-electron chi connectivity index (χ2n) is 9.21. The van der Waals surface area contributed by atoms with Crippen molar-refractivity contribution in [3.8, 4) is 11.8 Å². The molecule has 0 radical (unpaired) electrons. The highest BCUT2D eigenvalue weighted by atomic mass is 19.1. The van der Waals surface area contributed by atoms with Gasteiger partial charge in [0.05, 0.1) is 5.54 Å². The number of aromatic nitrogens is 2. The molecule has 2 aliphatic heterocycles. The number of rotatable bonds is 4. The van der Waals surface area contributed by atoms with E-state index < -0.39 is 5.54 Å². The fraction of sp³-hybridized carbons (Fsp3) is 0.333. The fourth-order valence-corrected chi connectivity index (χ4v) is 5.36. The first-order valence-corrected chi connectivity index (χ1v) is 11.8. The second-order valence-corrected chi connectivity index (χ2v) is 9.21. The van der Waals surface area contributed by atoms with E-state index in [1.807, 2.05) is 11.9 Å². The van der Waals surface area contributed by atoms with Crippen LogP contribution in [0.5, 0.6) is 11.8 Å². The summed E-state index contributed by atoms with van der Waals surface area (Å²) in [7, 11) is 1.84. The van der Waals surface area contributed by atoms with Crippen LogP contribution in [0, 0.1) is 5.82 Å². The van der Waals surface area contributed by atoms with E-state index in [1.165, 1.54) is 12.1 Å². The minimum absolute atomic E-state index is 0.0853. The number of hydrogen-bond acceptors (Lipinski definition) is 5. The molecule has 2 aromatic carbocycles. The van der Waals surface area contributed by atoms with E-state index in [2.05, 4.69) is 9.97 Å². The second kappa shape index (κ2) is 9.44. The number of ether oxygens (including phenoxy) is 1. The average Bonchev–Trinajstić information content (AvgIpc) is 3.21. The van der Waals surface area contributed by atoms with Crippen molar-refractivity contribution in [3.05, 3.63) is 83.9 Å². The molecule has 0 unspecified atom stereocenters. The molecule has 2 aliphatic rings. The predicted molar refractivity (Wildman–Crippen MR) is 128 cm³/mol. The molecule has 0 aliphatic carbocycles. The van der Waals surface area contributed by atoms with Crippen molar-refractivity contribution in [1.29, 1.82) is 0 Å². The number of likely N-dealkylation sites (N-methyl/N-ethyl adjacent to an activating group) is 1. The van der Waals surface area contributed by atoms with Gasteiger partial charge in [-0.1, -0.05) is 24.6 Å². The van der Waals surface area contributed by atoms with Gasteiger partial charge in [0.25, 0.3) is 5.91 Å². The molecule has 3 heterocycles. The summed E-state index contributed by atoms with van der Waals surface area (Å²) in [6, 6.07) is 15.3. The number of amides is 2. The minimum Gasteiger partial charge on any atom is -0.424 e. The Labute approximate surface area is 203 Å². The molecule has 35 heavy (non-hydrogen) atoms. The Morgan fingerprint density at radius 1 is 1.09 bits per heavy atom.